The van der Waals surface area contributed by atoms with Crippen molar-refractivity contribution in [1.82, 2.24) is 9.88 Å². The van der Waals surface area contributed by atoms with Crippen LogP contribution in [0.5, 0.6) is 0 Å². The maximum atomic E-state index is 5.71. The second-order valence-corrected chi connectivity index (χ2v) is 5.71. The summed E-state index contributed by atoms with van der Waals surface area (Å²) in [4.78, 5) is 6.41. The summed E-state index contributed by atoms with van der Waals surface area (Å²) in [5.74, 6) is 0. The molecule has 0 bridgehead atoms. The Morgan fingerprint density at radius 1 is 1.30 bits per heavy atom. The van der Waals surface area contributed by atoms with Crippen molar-refractivity contribution < 1.29 is 4.74 Å². The first-order valence-electron chi connectivity index (χ1n) is 6.67. The first kappa shape index (κ1) is 15.2. The van der Waals surface area contributed by atoms with Crippen LogP contribution in [0.25, 0.3) is 0 Å². The normalized spacial score (nSPS) is 24.9. The zero-order valence-corrected chi connectivity index (χ0v) is 13.7. The Labute approximate surface area is 127 Å². The number of hydrogen-bond donors (Lipinski definition) is 0. The average molecular weight is 338 g/mol. The molecule has 1 aromatic heterocycles. The zero-order chi connectivity index (χ0) is 14.5. The quantitative estimate of drug-likeness (QED) is 0.355. The first-order valence-corrected chi connectivity index (χ1v) is 7.53. The second-order valence-electron chi connectivity index (χ2n) is 4.95. The SMILES string of the molecule is CC(=N/N=C(\[Se])N1CC(C)OC(C)C1)c1ccccn1. The number of pyridine rings is 1. The molecule has 2 rings (SSSR count). The van der Waals surface area contributed by atoms with E-state index in [4.69, 9.17) is 4.74 Å². The summed E-state index contributed by atoms with van der Waals surface area (Å²) in [5, 5.41) is 8.52. The number of rotatable bonds is 2. The molecule has 1 aromatic rings. The standard InChI is InChI=1S/C14H19N4OSe/c1-10-8-18(9-11(2)19-10)14(20)17-16-12(3)13-6-4-5-7-15-13/h4-7,10-11H,8-9H2,1-3H3/b16-12?,17-14-. The molecule has 2 heterocycles. The molecule has 0 amide bonds. The number of aromatic nitrogens is 1. The van der Waals surface area contributed by atoms with Crippen LogP contribution in [-0.2, 0) is 4.74 Å². The van der Waals surface area contributed by atoms with Crippen molar-refractivity contribution in [1.29, 1.82) is 0 Å². The van der Waals surface area contributed by atoms with Crippen LogP contribution in [0.4, 0.5) is 0 Å². The van der Waals surface area contributed by atoms with Gasteiger partial charge in [-0.15, -0.1) is 0 Å². The van der Waals surface area contributed by atoms with E-state index in [1.807, 2.05) is 25.1 Å². The number of morpholine rings is 1. The van der Waals surface area contributed by atoms with Gasteiger partial charge >= 0.3 is 127 Å². The molecule has 1 aliphatic rings. The van der Waals surface area contributed by atoms with Crippen LogP contribution in [0.2, 0.25) is 0 Å². The van der Waals surface area contributed by atoms with Gasteiger partial charge in [-0.25, -0.2) is 0 Å². The van der Waals surface area contributed by atoms with Crippen LogP contribution < -0.4 is 0 Å². The summed E-state index contributed by atoms with van der Waals surface area (Å²) in [6.45, 7) is 7.70. The Morgan fingerprint density at radius 2 is 2.00 bits per heavy atom. The Morgan fingerprint density at radius 3 is 2.60 bits per heavy atom. The monoisotopic (exact) mass is 339 g/mol. The fourth-order valence-corrected chi connectivity index (χ4v) is 2.54. The van der Waals surface area contributed by atoms with Crippen LogP contribution >= 0.6 is 0 Å². The van der Waals surface area contributed by atoms with E-state index in [9.17, 15) is 0 Å². The molecule has 5 nitrogen and oxygen atoms in total. The molecule has 2 unspecified atom stereocenters. The van der Waals surface area contributed by atoms with Gasteiger partial charge in [-0.3, -0.25) is 0 Å². The Bertz CT molecular complexity index is 493. The zero-order valence-electron chi connectivity index (χ0n) is 12.0. The summed E-state index contributed by atoms with van der Waals surface area (Å²) in [6, 6.07) is 5.75. The minimum absolute atomic E-state index is 0.207. The van der Waals surface area contributed by atoms with Crippen LogP contribution in [0.1, 0.15) is 26.5 Å². The Kier molecular flexibility index (Phi) is 5.29. The molecule has 0 aromatic carbocycles. The predicted octanol–water partition coefficient (Wildman–Crippen LogP) is 1.44. The molecule has 0 saturated carbocycles. The number of amidine groups is 1. The summed E-state index contributed by atoms with van der Waals surface area (Å²) < 4.78 is 6.50. The molecule has 0 N–H and O–H groups in total. The van der Waals surface area contributed by atoms with Gasteiger partial charge in [0.1, 0.15) is 0 Å². The van der Waals surface area contributed by atoms with Gasteiger partial charge < -0.3 is 0 Å². The molecule has 0 aliphatic carbocycles. The first-order chi connectivity index (χ1) is 9.56. The number of hydrogen-bond acceptors (Lipinski definition) is 4. The molecule has 6 heteroatoms. The minimum atomic E-state index is 0.207. The van der Waals surface area contributed by atoms with Crippen molar-refractivity contribution >= 4 is 26.5 Å². The van der Waals surface area contributed by atoms with Gasteiger partial charge in [0.15, 0.2) is 0 Å². The van der Waals surface area contributed by atoms with E-state index in [1.54, 1.807) is 6.20 Å². The molecule has 1 saturated heterocycles. The molecule has 107 valence electrons. The van der Waals surface area contributed by atoms with Crippen LogP contribution in [0, 0.1) is 0 Å². The van der Waals surface area contributed by atoms with Crippen molar-refractivity contribution in [3.05, 3.63) is 30.1 Å². The van der Waals surface area contributed by atoms with E-state index in [1.165, 1.54) is 0 Å². The average Bonchev–Trinajstić information content (AvgIpc) is 2.44. The van der Waals surface area contributed by atoms with Gasteiger partial charge in [0.25, 0.3) is 0 Å². The molecule has 2 atom stereocenters. The molecular formula is C14H19N4OSe. The third-order valence-electron chi connectivity index (χ3n) is 3.01. The van der Waals surface area contributed by atoms with Crippen molar-refractivity contribution in [2.45, 2.75) is 33.0 Å². The molecule has 1 fully saturated rings. The number of nitrogens with zero attached hydrogens (tertiary/aromatic N) is 4. The fourth-order valence-electron chi connectivity index (χ4n) is 2.14. The van der Waals surface area contributed by atoms with Crippen molar-refractivity contribution in [3.8, 4) is 0 Å². The molecular weight excluding hydrogens is 319 g/mol. The van der Waals surface area contributed by atoms with E-state index >= 15 is 0 Å². The summed E-state index contributed by atoms with van der Waals surface area (Å²) in [7, 11) is 0. The van der Waals surface area contributed by atoms with Gasteiger partial charge in [0.2, 0.25) is 0 Å². The van der Waals surface area contributed by atoms with Gasteiger partial charge in [0, 0.05) is 0 Å². The van der Waals surface area contributed by atoms with Gasteiger partial charge in [0.05, 0.1) is 0 Å². The van der Waals surface area contributed by atoms with E-state index in [0.717, 1.165) is 29.2 Å². The number of ether oxygens (including phenoxy) is 1. The third kappa shape index (κ3) is 4.13. The molecule has 0 spiro atoms. The Balaban J connectivity index is 2.06. The fraction of sp³-hybridized carbons (Fsp3) is 0.500. The Hall–Kier alpha value is -1.23. The second kappa shape index (κ2) is 6.97. The van der Waals surface area contributed by atoms with Crippen LogP contribution in [0.15, 0.2) is 34.6 Å². The van der Waals surface area contributed by atoms with E-state index in [0.29, 0.717) is 0 Å². The summed E-state index contributed by atoms with van der Waals surface area (Å²) in [6.07, 6.45) is 2.17. The molecule has 1 radical (unpaired) electrons. The topological polar surface area (TPSA) is 50.1 Å². The van der Waals surface area contributed by atoms with Gasteiger partial charge in [-0.1, -0.05) is 0 Å². The van der Waals surface area contributed by atoms with Crippen LogP contribution in [-0.4, -0.2) is 61.6 Å². The molecule has 20 heavy (non-hydrogen) atoms. The third-order valence-corrected chi connectivity index (χ3v) is 3.72. The van der Waals surface area contributed by atoms with E-state index in [2.05, 4.69) is 49.9 Å². The molecule has 1 aliphatic heterocycles. The van der Waals surface area contributed by atoms with Crippen molar-refractivity contribution in [2.75, 3.05) is 13.1 Å². The van der Waals surface area contributed by atoms with E-state index in [-0.39, 0.29) is 12.2 Å². The van der Waals surface area contributed by atoms with E-state index < -0.39 is 0 Å². The van der Waals surface area contributed by atoms with Crippen LogP contribution in [0.3, 0.4) is 0 Å². The van der Waals surface area contributed by atoms with Crippen molar-refractivity contribution in [2.24, 2.45) is 10.2 Å². The van der Waals surface area contributed by atoms with Gasteiger partial charge in [-0.2, -0.15) is 0 Å². The predicted molar refractivity (Wildman–Crippen MR) is 81.2 cm³/mol. The summed E-state index contributed by atoms with van der Waals surface area (Å²) >= 11 is 2.99. The maximum absolute atomic E-state index is 5.71. The van der Waals surface area contributed by atoms with Gasteiger partial charge in [-0.05, 0) is 0 Å². The summed E-state index contributed by atoms with van der Waals surface area (Å²) in [5.41, 5.74) is 1.64. The van der Waals surface area contributed by atoms with Crippen molar-refractivity contribution in [3.63, 3.8) is 0 Å².